The van der Waals surface area contributed by atoms with E-state index in [0.29, 0.717) is 16.4 Å². The van der Waals surface area contributed by atoms with Crippen LogP contribution in [0, 0.1) is 6.92 Å². The number of pyridine rings is 1. The molecular formula is C18H18N6OS3. The zero-order valence-electron chi connectivity index (χ0n) is 15.5. The number of amides is 1. The SMILES string of the molecule is Cc1nc2c(cnn2C(C)C)cc1C(=O)Nc1nnc(SCc2cccs2)s1. The first kappa shape index (κ1) is 19.0. The third kappa shape index (κ3) is 3.94. The van der Waals surface area contributed by atoms with Crippen molar-refractivity contribution >= 4 is 56.5 Å². The fraction of sp³-hybridized carbons (Fsp3) is 0.278. The van der Waals surface area contributed by atoms with E-state index in [-0.39, 0.29) is 11.9 Å². The van der Waals surface area contributed by atoms with Gasteiger partial charge in [-0.1, -0.05) is 29.2 Å². The topological polar surface area (TPSA) is 85.6 Å². The Morgan fingerprint density at radius 2 is 2.21 bits per heavy atom. The largest absolute Gasteiger partial charge is 0.296 e. The third-order valence-corrected chi connectivity index (χ3v) is 7.12. The van der Waals surface area contributed by atoms with E-state index in [1.165, 1.54) is 16.2 Å². The molecule has 4 rings (SSSR count). The second kappa shape index (κ2) is 7.98. The molecule has 0 atom stereocenters. The number of anilines is 1. The van der Waals surface area contributed by atoms with E-state index in [0.717, 1.165) is 21.1 Å². The lowest BCUT2D eigenvalue weighted by Gasteiger charge is -2.08. The number of carbonyl (C=O) groups is 1. The second-order valence-electron chi connectivity index (χ2n) is 6.41. The van der Waals surface area contributed by atoms with Crippen molar-refractivity contribution in [1.82, 2.24) is 25.0 Å². The molecule has 0 spiro atoms. The molecule has 7 nitrogen and oxygen atoms in total. The number of thioether (sulfide) groups is 1. The van der Waals surface area contributed by atoms with Crippen molar-refractivity contribution in [2.75, 3.05) is 5.32 Å². The van der Waals surface area contributed by atoms with E-state index in [4.69, 9.17) is 0 Å². The molecule has 0 unspecified atom stereocenters. The lowest BCUT2D eigenvalue weighted by Crippen LogP contribution is -2.14. The van der Waals surface area contributed by atoms with Gasteiger partial charge in [-0.15, -0.1) is 21.5 Å². The highest BCUT2D eigenvalue weighted by atomic mass is 32.2. The fourth-order valence-corrected chi connectivity index (χ4v) is 5.20. The van der Waals surface area contributed by atoms with Crippen LogP contribution in [0.25, 0.3) is 11.0 Å². The molecule has 0 saturated carbocycles. The predicted molar refractivity (Wildman–Crippen MR) is 114 cm³/mol. The van der Waals surface area contributed by atoms with Crippen molar-refractivity contribution in [2.24, 2.45) is 0 Å². The normalized spacial score (nSPS) is 11.4. The first-order valence-electron chi connectivity index (χ1n) is 8.66. The molecule has 10 heteroatoms. The minimum atomic E-state index is -0.241. The lowest BCUT2D eigenvalue weighted by atomic mass is 10.1. The van der Waals surface area contributed by atoms with Crippen LogP contribution in [-0.4, -0.2) is 30.9 Å². The molecule has 0 aliphatic heterocycles. The third-order valence-electron chi connectivity index (χ3n) is 4.04. The van der Waals surface area contributed by atoms with Crippen LogP contribution < -0.4 is 5.32 Å². The maximum absolute atomic E-state index is 12.7. The van der Waals surface area contributed by atoms with Crippen molar-refractivity contribution in [1.29, 1.82) is 0 Å². The first-order valence-corrected chi connectivity index (χ1v) is 11.3. The molecule has 4 heterocycles. The van der Waals surface area contributed by atoms with Crippen LogP contribution in [0.5, 0.6) is 0 Å². The first-order chi connectivity index (χ1) is 13.5. The van der Waals surface area contributed by atoms with Crippen molar-refractivity contribution in [2.45, 2.75) is 36.9 Å². The molecule has 1 amide bonds. The van der Waals surface area contributed by atoms with Gasteiger partial charge in [0.1, 0.15) is 0 Å². The molecule has 1 N–H and O–H groups in total. The Hall–Kier alpha value is -2.30. The molecular weight excluding hydrogens is 412 g/mol. The molecule has 144 valence electrons. The summed E-state index contributed by atoms with van der Waals surface area (Å²) >= 11 is 4.70. The van der Waals surface area contributed by atoms with Gasteiger partial charge in [0.05, 0.1) is 17.5 Å². The summed E-state index contributed by atoms with van der Waals surface area (Å²) in [5.74, 6) is 0.606. The van der Waals surface area contributed by atoms with Gasteiger partial charge in [-0.3, -0.25) is 10.1 Å². The van der Waals surface area contributed by atoms with Crippen LogP contribution in [-0.2, 0) is 5.75 Å². The number of aromatic nitrogens is 5. The summed E-state index contributed by atoms with van der Waals surface area (Å²) in [5.41, 5.74) is 1.95. The Kier molecular flexibility index (Phi) is 5.42. The van der Waals surface area contributed by atoms with Gasteiger partial charge in [-0.25, -0.2) is 9.67 Å². The van der Waals surface area contributed by atoms with Crippen LogP contribution in [0.3, 0.4) is 0 Å². The Labute approximate surface area is 174 Å². The predicted octanol–water partition coefficient (Wildman–Crippen LogP) is 4.78. The van der Waals surface area contributed by atoms with Gasteiger partial charge in [0.15, 0.2) is 9.99 Å². The minimum absolute atomic E-state index is 0.204. The molecule has 0 aromatic carbocycles. The van der Waals surface area contributed by atoms with Crippen LogP contribution in [0.4, 0.5) is 5.13 Å². The number of hydrogen-bond donors (Lipinski definition) is 1. The number of rotatable bonds is 6. The molecule has 4 aromatic rings. The number of aryl methyl sites for hydroxylation is 1. The zero-order valence-corrected chi connectivity index (χ0v) is 18.0. The Balaban J connectivity index is 1.48. The molecule has 28 heavy (non-hydrogen) atoms. The molecule has 0 fully saturated rings. The number of nitrogens with one attached hydrogen (secondary N) is 1. The van der Waals surface area contributed by atoms with Gasteiger partial charge in [-0.2, -0.15) is 5.10 Å². The summed E-state index contributed by atoms with van der Waals surface area (Å²) in [6.45, 7) is 5.93. The Bertz CT molecular complexity index is 1120. The van der Waals surface area contributed by atoms with Gasteiger partial charge in [0.25, 0.3) is 5.91 Å². The van der Waals surface area contributed by atoms with Crippen molar-refractivity contribution < 1.29 is 4.79 Å². The molecule has 0 aliphatic carbocycles. The number of hydrogen-bond acceptors (Lipinski definition) is 8. The van der Waals surface area contributed by atoms with Gasteiger partial charge >= 0.3 is 0 Å². The summed E-state index contributed by atoms with van der Waals surface area (Å²) in [4.78, 5) is 18.6. The standard InChI is InChI=1S/C18H18N6OS3/c1-10(2)24-15-12(8-19-24)7-14(11(3)20-15)16(25)21-17-22-23-18(28-17)27-9-13-5-4-6-26-13/h4-8,10H,9H2,1-3H3,(H,21,22,25). The van der Waals surface area contributed by atoms with E-state index < -0.39 is 0 Å². The second-order valence-corrected chi connectivity index (χ2v) is 9.64. The monoisotopic (exact) mass is 430 g/mol. The minimum Gasteiger partial charge on any atom is -0.296 e. The van der Waals surface area contributed by atoms with Crippen LogP contribution >= 0.6 is 34.4 Å². The van der Waals surface area contributed by atoms with Gasteiger partial charge < -0.3 is 0 Å². The highest BCUT2D eigenvalue weighted by Crippen LogP contribution is 2.30. The van der Waals surface area contributed by atoms with E-state index in [1.54, 1.807) is 29.3 Å². The molecule has 0 radical (unpaired) electrons. The van der Waals surface area contributed by atoms with Crippen molar-refractivity contribution in [3.8, 4) is 0 Å². The Morgan fingerprint density at radius 1 is 1.36 bits per heavy atom. The maximum Gasteiger partial charge on any atom is 0.259 e. The molecule has 0 aliphatic rings. The van der Waals surface area contributed by atoms with Crippen molar-refractivity contribution in [3.05, 3.63) is 45.9 Å². The molecule has 0 bridgehead atoms. The quantitative estimate of drug-likeness (QED) is 0.350. The van der Waals surface area contributed by atoms with Gasteiger partial charge in [0, 0.05) is 22.1 Å². The van der Waals surface area contributed by atoms with E-state index in [9.17, 15) is 4.79 Å². The lowest BCUT2D eigenvalue weighted by molar-refractivity contribution is 0.102. The fourth-order valence-electron chi connectivity index (χ4n) is 2.68. The summed E-state index contributed by atoms with van der Waals surface area (Å²) in [5, 5.41) is 18.8. The highest BCUT2D eigenvalue weighted by molar-refractivity contribution is 8.00. The summed E-state index contributed by atoms with van der Waals surface area (Å²) in [7, 11) is 0. The van der Waals surface area contributed by atoms with Crippen LogP contribution in [0.1, 0.15) is 40.8 Å². The van der Waals surface area contributed by atoms with E-state index >= 15 is 0 Å². The van der Waals surface area contributed by atoms with Crippen molar-refractivity contribution in [3.63, 3.8) is 0 Å². The summed E-state index contributed by atoms with van der Waals surface area (Å²) < 4.78 is 2.68. The average molecular weight is 431 g/mol. The number of thiophene rings is 1. The number of nitrogens with zero attached hydrogens (tertiary/aromatic N) is 5. The molecule has 0 saturated heterocycles. The number of fused-ring (bicyclic) bond motifs is 1. The summed E-state index contributed by atoms with van der Waals surface area (Å²) in [6, 6.07) is 6.15. The number of carbonyl (C=O) groups excluding carboxylic acids is 1. The average Bonchev–Trinajstić information content (AvgIpc) is 3.39. The molecule has 4 aromatic heterocycles. The smallest absolute Gasteiger partial charge is 0.259 e. The van der Waals surface area contributed by atoms with E-state index in [1.807, 2.05) is 37.6 Å². The highest BCUT2D eigenvalue weighted by Gasteiger charge is 2.17. The van der Waals surface area contributed by atoms with Crippen LogP contribution in [0.2, 0.25) is 0 Å². The Morgan fingerprint density at radius 3 is 2.96 bits per heavy atom. The zero-order chi connectivity index (χ0) is 19.7. The summed E-state index contributed by atoms with van der Waals surface area (Å²) in [6.07, 6.45) is 1.74. The van der Waals surface area contributed by atoms with Crippen LogP contribution in [0.15, 0.2) is 34.1 Å². The van der Waals surface area contributed by atoms with E-state index in [2.05, 4.69) is 37.0 Å². The van der Waals surface area contributed by atoms with Gasteiger partial charge in [0.2, 0.25) is 5.13 Å². The maximum atomic E-state index is 12.7. The van der Waals surface area contributed by atoms with Gasteiger partial charge in [-0.05, 0) is 38.3 Å².